The van der Waals surface area contributed by atoms with E-state index < -0.39 is 11.5 Å². The van der Waals surface area contributed by atoms with Crippen LogP contribution in [-0.4, -0.2) is 37.9 Å². The highest BCUT2D eigenvalue weighted by molar-refractivity contribution is 5.74. The number of piperidine rings is 1. The second kappa shape index (κ2) is 7.95. The molecule has 0 aliphatic carbocycles. The Balaban J connectivity index is 1.27. The number of hydrogen-bond acceptors (Lipinski definition) is 6. The van der Waals surface area contributed by atoms with E-state index in [2.05, 4.69) is 39.7 Å². The number of nitrogens with zero attached hydrogens (tertiary/aromatic N) is 2. The number of rotatable bonds is 5. The summed E-state index contributed by atoms with van der Waals surface area (Å²) in [4.78, 5) is 13.6. The third-order valence-corrected chi connectivity index (χ3v) is 6.97. The first kappa shape index (κ1) is 21.6. The Hall–Kier alpha value is -3.26. The van der Waals surface area contributed by atoms with Crippen LogP contribution in [0.5, 0.6) is 5.75 Å². The van der Waals surface area contributed by atoms with Crippen molar-refractivity contribution < 1.29 is 9.50 Å². The van der Waals surface area contributed by atoms with Gasteiger partial charge in [0.05, 0.1) is 5.69 Å². The van der Waals surface area contributed by atoms with Gasteiger partial charge in [-0.2, -0.15) is 4.39 Å². The van der Waals surface area contributed by atoms with E-state index in [1.165, 1.54) is 31.0 Å². The monoisotopic (exact) mass is 449 g/mol. The zero-order chi connectivity index (χ0) is 23.2. The molecule has 2 unspecified atom stereocenters. The topological polar surface area (TPSA) is 103 Å². The van der Waals surface area contributed by atoms with E-state index in [0.717, 1.165) is 19.4 Å². The van der Waals surface area contributed by atoms with E-state index >= 15 is 0 Å². The Labute approximate surface area is 191 Å². The van der Waals surface area contributed by atoms with Crippen LogP contribution in [-0.2, 0) is 0 Å². The molecule has 1 aromatic carbocycles. The van der Waals surface area contributed by atoms with Gasteiger partial charge in [0.2, 0.25) is 0 Å². The molecule has 2 bridgehead atoms. The SMILES string of the molecule is CC12CCC(C)(CC(CNc3ccc(-c4ccc(-c5cc(F)[nH]c(=O)c5)cc4O)nn3)C1)N2. The lowest BCUT2D eigenvalue weighted by molar-refractivity contribution is 0.178. The molecule has 4 N–H and O–H groups in total. The van der Waals surface area contributed by atoms with Crippen LogP contribution in [0.15, 0.2) is 47.3 Å². The van der Waals surface area contributed by atoms with Crippen LogP contribution >= 0.6 is 0 Å². The molecule has 172 valence electrons. The summed E-state index contributed by atoms with van der Waals surface area (Å²) in [6.45, 7) is 5.50. The van der Waals surface area contributed by atoms with Gasteiger partial charge >= 0.3 is 0 Å². The number of benzene rings is 1. The molecule has 8 heteroatoms. The minimum Gasteiger partial charge on any atom is -0.507 e. The summed E-state index contributed by atoms with van der Waals surface area (Å²) in [5, 5.41) is 26.3. The summed E-state index contributed by atoms with van der Waals surface area (Å²) < 4.78 is 13.5. The summed E-state index contributed by atoms with van der Waals surface area (Å²) >= 11 is 0. The van der Waals surface area contributed by atoms with Gasteiger partial charge in [-0.3, -0.25) is 9.78 Å². The lowest BCUT2D eigenvalue weighted by Gasteiger charge is -2.42. The van der Waals surface area contributed by atoms with Crippen molar-refractivity contribution in [3.8, 4) is 28.1 Å². The number of phenolic OH excluding ortho intramolecular Hbond substituents is 1. The quantitative estimate of drug-likeness (QED) is 0.438. The third kappa shape index (κ3) is 4.48. The van der Waals surface area contributed by atoms with Crippen LogP contribution in [0, 0.1) is 11.9 Å². The fraction of sp³-hybridized carbons (Fsp3) is 0.400. The fourth-order valence-electron chi connectivity index (χ4n) is 5.63. The van der Waals surface area contributed by atoms with E-state index in [-0.39, 0.29) is 16.8 Å². The van der Waals surface area contributed by atoms with E-state index in [4.69, 9.17) is 0 Å². The molecule has 2 saturated heterocycles. The lowest BCUT2D eigenvalue weighted by atomic mass is 9.80. The Morgan fingerprint density at radius 2 is 1.82 bits per heavy atom. The van der Waals surface area contributed by atoms with Crippen LogP contribution in [0.3, 0.4) is 0 Å². The molecule has 2 aliphatic rings. The van der Waals surface area contributed by atoms with Gasteiger partial charge < -0.3 is 15.7 Å². The fourth-order valence-corrected chi connectivity index (χ4v) is 5.63. The van der Waals surface area contributed by atoms with Crippen molar-refractivity contribution in [2.24, 2.45) is 5.92 Å². The number of pyridine rings is 1. The number of aromatic hydroxyl groups is 1. The molecule has 0 spiro atoms. The van der Waals surface area contributed by atoms with Crippen molar-refractivity contribution in [2.75, 3.05) is 11.9 Å². The van der Waals surface area contributed by atoms with E-state index in [0.29, 0.717) is 34.1 Å². The molecule has 2 aromatic heterocycles. The van der Waals surface area contributed by atoms with E-state index in [9.17, 15) is 14.3 Å². The number of hydrogen-bond donors (Lipinski definition) is 4. The van der Waals surface area contributed by atoms with E-state index in [1.54, 1.807) is 12.1 Å². The molecular formula is C25H28FN5O2. The minimum absolute atomic E-state index is 0.0186. The molecule has 0 radical (unpaired) electrons. The van der Waals surface area contributed by atoms with Gasteiger partial charge in [0, 0.05) is 29.3 Å². The molecule has 2 atom stereocenters. The second-order valence-electron chi connectivity index (χ2n) is 10.0. The van der Waals surface area contributed by atoms with Crippen molar-refractivity contribution in [1.82, 2.24) is 20.5 Å². The first-order chi connectivity index (χ1) is 15.7. The summed E-state index contributed by atoms with van der Waals surface area (Å²) in [6.07, 6.45) is 4.76. The molecule has 3 aromatic rings. The van der Waals surface area contributed by atoms with Gasteiger partial charge in [-0.15, -0.1) is 10.2 Å². The molecule has 0 amide bonds. The smallest absolute Gasteiger partial charge is 0.250 e. The first-order valence-electron chi connectivity index (χ1n) is 11.3. The molecule has 0 saturated carbocycles. The number of aromatic nitrogens is 3. The van der Waals surface area contributed by atoms with Gasteiger partial charge in [0.1, 0.15) is 11.6 Å². The maximum absolute atomic E-state index is 13.5. The predicted molar refractivity (Wildman–Crippen MR) is 126 cm³/mol. The second-order valence-corrected chi connectivity index (χ2v) is 10.0. The van der Waals surface area contributed by atoms with Crippen molar-refractivity contribution in [3.05, 3.63) is 58.8 Å². The normalized spacial score (nSPS) is 26.3. The number of aromatic amines is 1. The number of fused-ring (bicyclic) bond motifs is 2. The molecular weight excluding hydrogens is 421 g/mol. The largest absolute Gasteiger partial charge is 0.507 e. The summed E-state index contributed by atoms with van der Waals surface area (Å²) in [6, 6.07) is 11.1. The highest BCUT2D eigenvalue weighted by Gasteiger charge is 2.48. The summed E-state index contributed by atoms with van der Waals surface area (Å²) in [7, 11) is 0. The van der Waals surface area contributed by atoms with Gasteiger partial charge in [0.15, 0.2) is 5.95 Å². The zero-order valence-corrected chi connectivity index (χ0v) is 18.8. The van der Waals surface area contributed by atoms with Crippen molar-refractivity contribution in [3.63, 3.8) is 0 Å². The number of nitrogens with one attached hydrogen (secondary N) is 3. The van der Waals surface area contributed by atoms with Gasteiger partial charge in [-0.1, -0.05) is 6.07 Å². The van der Waals surface area contributed by atoms with Crippen LogP contribution in [0.2, 0.25) is 0 Å². The molecule has 4 heterocycles. The van der Waals surface area contributed by atoms with Gasteiger partial charge in [-0.25, -0.2) is 0 Å². The van der Waals surface area contributed by atoms with Gasteiger partial charge in [0.25, 0.3) is 5.56 Å². The average molecular weight is 450 g/mol. The number of halogens is 1. The number of phenols is 1. The van der Waals surface area contributed by atoms with Crippen molar-refractivity contribution in [1.29, 1.82) is 0 Å². The van der Waals surface area contributed by atoms with Crippen LogP contribution < -0.4 is 16.2 Å². The van der Waals surface area contributed by atoms with Gasteiger partial charge in [-0.05, 0) is 86.9 Å². The summed E-state index contributed by atoms with van der Waals surface area (Å²) in [5.41, 5.74) is 1.89. The van der Waals surface area contributed by atoms with Crippen LogP contribution in [0.25, 0.3) is 22.4 Å². The summed E-state index contributed by atoms with van der Waals surface area (Å²) in [5.74, 6) is 0.539. The molecule has 33 heavy (non-hydrogen) atoms. The Bertz CT molecular complexity index is 1230. The number of anilines is 1. The van der Waals surface area contributed by atoms with Crippen molar-refractivity contribution in [2.45, 2.75) is 50.6 Å². The number of H-pyrrole nitrogens is 1. The Morgan fingerprint density at radius 3 is 2.45 bits per heavy atom. The maximum atomic E-state index is 13.5. The maximum Gasteiger partial charge on any atom is 0.250 e. The first-order valence-corrected chi connectivity index (χ1v) is 11.3. The highest BCUT2D eigenvalue weighted by Crippen LogP contribution is 2.44. The Morgan fingerprint density at radius 1 is 1.06 bits per heavy atom. The lowest BCUT2D eigenvalue weighted by Crippen LogP contribution is -2.54. The predicted octanol–water partition coefficient (Wildman–Crippen LogP) is 4.07. The molecule has 2 aliphatic heterocycles. The van der Waals surface area contributed by atoms with Crippen LogP contribution in [0.1, 0.15) is 39.5 Å². The molecule has 2 fully saturated rings. The third-order valence-electron chi connectivity index (χ3n) is 6.97. The van der Waals surface area contributed by atoms with Crippen molar-refractivity contribution >= 4 is 5.82 Å². The highest BCUT2D eigenvalue weighted by atomic mass is 19.1. The minimum atomic E-state index is -0.727. The molecule has 5 rings (SSSR count). The Kier molecular flexibility index (Phi) is 5.20. The van der Waals surface area contributed by atoms with E-state index in [1.807, 2.05) is 12.1 Å². The molecule has 7 nitrogen and oxygen atoms in total. The standard InChI is InChI=1S/C25H28FN5O2/c1-24-7-8-25(2,31-24)13-15(12-24)14-27-22-6-5-19(29-30-22)18-4-3-16(9-20(18)32)17-10-21(26)28-23(33)11-17/h3-6,9-11,15,31-32H,7-8,12-14H2,1-2H3,(H,27,30)(H,28,33). The average Bonchev–Trinajstić information content (AvgIpc) is 2.99. The zero-order valence-electron chi connectivity index (χ0n) is 18.8. The van der Waals surface area contributed by atoms with Crippen LogP contribution in [0.4, 0.5) is 10.2 Å².